The second kappa shape index (κ2) is 4.51. The fraction of sp³-hybridized carbons (Fsp3) is 0.200. The van der Waals surface area contributed by atoms with Crippen LogP contribution < -0.4 is 5.32 Å². The van der Waals surface area contributed by atoms with Crippen LogP contribution in [0.2, 0.25) is 0 Å². The zero-order valence-corrected chi connectivity index (χ0v) is 8.70. The molecule has 80 valence electrons. The zero-order chi connectivity index (χ0) is 11.4. The van der Waals surface area contributed by atoms with Crippen molar-refractivity contribution in [2.24, 2.45) is 0 Å². The van der Waals surface area contributed by atoms with Crippen LogP contribution in [0.15, 0.2) is 24.7 Å². The third-order valence-corrected chi connectivity index (χ3v) is 2.14. The third-order valence-electron chi connectivity index (χ3n) is 2.14. The van der Waals surface area contributed by atoms with Crippen LogP contribution in [0.3, 0.4) is 0 Å². The van der Waals surface area contributed by atoms with E-state index in [0.717, 1.165) is 5.56 Å². The van der Waals surface area contributed by atoms with Gasteiger partial charge in [-0.3, -0.25) is 0 Å². The molecule has 2 heterocycles. The lowest BCUT2D eigenvalue weighted by molar-refractivity contribution is 0.726. The van der Waals surface area contributed by atoms with E-state index in [-0.39, 0.29) is 6.04 Å². The Morgan fingerprint density at radius 3 is 2.88 bits per heavy atom. The Morgan fingerprint density at radius 2 is 2.38 bits per heavy atom. The highest BCUT2D eigenvalue weighted by atomic mass is 15.5. The van der Waals surface area contributed by atoms with Gasteiger partial charge in [-0.15, -0.1) is 11.5 Å². The van der Waals surface area contributed by atoms with Gasteiger partial charge in [-0.2, -0.15) is 4.68 Å². The van der Waals surface area contributed by atoms with Gasteiger partial charge in [0, 0.05) is 6.20 Å². The summed E-state index contributed by atoms with van der Waals surface area (Å²) in [5.74, 6) is 3.28. The first kappa shape index (κ1) is 10.3. The van der Waals surface area contributed by atoms with Crippen molar-refractivity contribution in [3.63, 3.8) is 0 Å². The number of aromatic nitrogens is 5. The Hall–Kier alpha value is -2.26. The number of nitrogens with one attached hydrogen (secondary N) is 1. The summed E-state index contributed by atoms with van der Waals surface area (Å²) in [6, 6.07) is 3.58. The molecule has 2 aromatic heterocycles. The fourth-order valence-corrected chi connectivity index (χ4v) is 1.32. The zero-order valence-electron chi connectivity index (χ0n) is 8.70. The lowest BCUT2D eigenvalue weighted by Crippen LogP contribution is -2.14. The van der Waals surface area contributed by atoms with E-state index < -0.39 is 0 Å². The summed E-state index contributed by atoms with van der Waals surface area (Å²) in [4.78, 5) is 4.22. The minimum atomic E-state index is -0.129. The van der Waals surface area contributed by atoms with Crippen LogP contribution in [0.4, 0.5) is 0 Å². The number of hydrogen-bond acceptors (Lipinski definition) is 5. The molecule has 2 rings (SSSR count). The van der Waals surface area contributed by atoms with E-state index in [1.807, 2.05) is 12.1 Å². The first-order valence-electron chi connectivity index (χ1n) is 4.68. The lowest BCUT2D eigenvalue weighted by atomic mass is 10.1. The third kappa shape index (κ3) is 1.89. The summed E-state index contributed by atoms with van der Waals surface area (Å²) in [5, 5.41) is 13.8. The molecule has 0 spiro atoms. The van der Waals surface area contributed by atoms with Crippen molar-refractivity contribution in [3.05, 3.63) is 30.2 Å². The van der Waals surface area contributed by atoms with Crippen molar-refractivity contribution in [2.75, 3.05) is 7.05 Å². The number of terminal acetylenes is 1. The molecule has 0 saturated heterocycles. The van der Waals surface area contributed by atoms with Crippen molar-refractivity contribution in [3.8, 4) is 18.2 Å². The van der Waals surface area contributed by atoms with Crippen LogP contribution in [0.1, 0.15) is 11.6 Å². The van der Waals surface area contributed by atoms with E-state index in [2.05, 4.69) is 31.7 Å². The largest absolute Gasteiger partial charge is 0.303 e. The Kier molecular flexibility index (Phi) is 2.89. The van der Waals surface area contributed by atoms with Gasteiger partial charge in [-0.25, -0.2) is 4.98 Å². The Balaban J connectivity index is 2.27. The van der Waals surface area contributed by atoms with Crippen molar-refractivity contribution < 1.29 is 0 Å². The van der Waals surface area contributed by atoms with Gasteiger partial charge in [-0.1, -0.05) is 12.0 Å². The molecule has 0 aromatic carbocycles. The smallest absolute Gasteiger partial charge is 0.156 e. The first-order valence-corrected chi connectivity index (χ1v) is 4.68. The van der Waals surface area contributed by atoms with E-state index in [4.69, 9.17) is 6.42 Å². The summed E-state index contributed by atoms with van der Waals surface area (Å²) in [7, 11) is 1.81. The highest BCUT2D eigenvalue weighted by Gasteiger charge is 2.06. The van der Waals surface area contributed by atoms with Gasteiger partial charge in [0.1, 0.15) is 6.33 Å². The van der Waals surface area contributed by atoms with Gasteiger partial charge in [0.05, 0.1) is 6.04 Å². The van der Waals surface area contributed by atoms with Gasteiger partial charge in [0.25, 0.3) is 0 Å². The minimum absolute atomic E-state index is 0.129. The SMILES string of the molecule is C#CC(NC)c1ccc(-n2cnnn2)nc1. The quantitative estimate of drug-likeness (QED) is 0.725. The average molecular weight is 214 g/mol. The molecule has 1 N–H and O–H groups in total. The summed E-state index contributed by atoms with van der Waals surface area (Å²) in [6.07, 6.45) is 8.56. The Labute approximate surface area is 92.7 Å². The van der Waals surface area contributed by atoms with Crippen LogP contribution in [0, 0.1) is 12.3 Å². The predicted octanol–water partition coefficient (Wildman–Crippen LogP) is -0.0490. The summed E-state index contributed by atoms with van der Waals surface area (Å²) >= 11 is 0. The molecule has 6 heteroatoms. The van der Waals surface area contributed by atoms with Crippen molar-refractivity contribution in [2.45, 2.75) is 6.04 Å². The predicted molar refractivity (Wildman–Crippen MR) is 57.6 cm³/mol. The molecule has 1 atom stereocenters. The summed E-state index contributed by atoms with van der Waals surface area (Å²) in [6.45, 7) is 0. The number of hydrogen-bond donors (Lipinski definition) is 1. The second-order valence-corrected chi connectivity index (χ2v) is 3.09. The maximum atomic E-state index is 5.37. The van der Waals surface area contributed by atoms with Crippen molar-refractivity contribution in [1.82, 2.24) is 30.5 Å². The van der Waals surface area contributed by atoms with E-state index in [1.54, 1.807) is 13.2 Å². The van der Waals surface area contributed by atoms with Crippen LogP contribution in [-0.4, -0.2) is 32.2 Å². The van der Waals surface area contributed by atoms with E-state index in [1.165, 1.54) is 11.0 Å². The van der Waals surface area contributed by atoms with E-state index >= 15 is 0 Å². The topological polar surface area (TPSA) is 68.5 Å². The van der Waals surface area contributed by atoms with Gasteiger partial charge >= 0.3 is 0 Å². The number of tetrazole rings is 1. The van der Waals surface area contributed by atoms with Crippen LogP contribution >= 0.6 is 0 Å². The van der Waals surface area contributed by atoms with Crippen molar-refractivity contribution >= 4 is 0 Å². The lowest BCUT2D eigenvalue weighted by Gasteiger charge is -2.09. The van der Waals surface area contributed by atoms with E-state index in [9.17, 15) is 0 Å². The molecule has 2 aromatic rings. The molecule has 0 fully saturated rings. The monoisotopic (exact) mass is 214 g/mol. The van der Waals surface area contributed by atoms with Gasteiger partial charge in [0.2, 0.25) is 0 Å². The van der Waals surface area contributed by atoms with Crippen LogP contribution in [0.5, 0.6) is 0 Å². The maximum absolute atomic E-state index is 5.37. The number of pyridine rings is 1. The Morgan fingerprint density at radius 1 is 1.50 bits per heavy atom. The van der Waals surface area contributed by atoms with Crippen molar-refractivity contribution in [1.29, 1.82) is 0 Å². The highest BCUT2D eigenvalue weighted by Crippen LogP contribution is 2.11. The molecule has 0 bridgehead atoms. The molecule has 0 aliphatic rings. The number of nitrogens with zero attached hydrogens (tertiary/aromatic N) is 5. The average Bonchev–Trinajstić information content (AvgIpc) is 2.85. The fourth-order valence-electron chi connectivity index (χ4n) is 1.32. The molecule has 1 unspecified atom stereocenters. The molecule has 6 nitrogen and oxygen atoms in total. The standard InChI is InChI=1S/C10H10N6/c1-3-9(11-2)8-4-5-10(12-6-8)16-7-13-14-15-16/h1,4-7,9,11H,2H3. The molecule has 16 heavy (non-hydrogen) atoms. The second-order valence-electron chi connectivity index (χ2n) is 3.09. The van der Waals surface area contributed by atoms with Gasteiger partial charge in [-0.05, 0) is 29.1 Å². The normalized spacial score (nSPS) is 12.0. The molecular formula is C10H10N6. The molecule has 0 saturated carbocycles. The Bertz CT molecular complexity index is 481. The minimum Gasteiger partial charge on any atom is -0.303 e. The molecule has 0 amide bonds. The molecule has 0 radical (unpaired) electrons. The molecular weight excluding hydrogens is 204 g/mol. The summed E-state index contributed by atoms with van der Waals surface area (Å²) < 4.78 is 1.48. The molecule has 0 aliphatic heterocycles. The number of rotatable bonds is 3. The highest BCUT2D eigenvalue weighted by molar-refractivity contribution is 5.28. The van der Waals surface area contributed by atoms with E-state index in [0.29, 0.717) is 5.82 Å². The first-order chi connectivity index (χ1) is 7.85. The summed E-state index contributed by atoms with van der Waals surface area (Å²) in [5.41, 5.74) is 0.932. The maximum Gasteiger partial charge on any atom is 0.156 e. The van der Waals surface area contributed by atoms with Crippen LogP contribution in [0.25, 0.3) is 5.82 Å². The van der Waals surface area contributed by atoms with Crippen LogP contribution in [-0.2, 0) is 0 Å². The van der Waals surface area contributed by atoms with Gasteiger partial charge in [0.15, 0.2) is 5.82 Å². The molecule has 0 aliphatic carbocycles. The van der Waals surface area contributed by atoms with Gasteiger partial charge < -0.3 is 5.32 Å².